The number of rotatable bonds is 8. The summed E-state index contributed by atoms with van der Waals surface area (Å²) in [6, 6.07) is 5.86. The van der Waals surface area contributed by atoms with Crippen LogP contribution in [0, 0.1) is 0 Å². The van der Waals surface area contributed by atoms with E-state index in [0.29, 0.717) is 52.7 Å². The molecule has 2 atom stereocenters. The predicted octanol–water partition coefficient (Wildman–Crippen LogP) is 5.00. The molecule has 0 bridgehead atoms. The monoisotopic (exact) mass is 512 g/mol. The van der Waals surface area contributed by atoms with E-state index in [4.69, 9.17) is 9.15 Å². The highest BCUT2D eigenvalue weighted by Crippen LogP contribution is 2.49. The molecule has 8 nitrogen and oxygen atoms in total. The first-order valence-electron chi connectivity index (χ1n) is 12.4. The summed E-state index contributed by atoms with van der Waals surface area (Å²) in [7, 11) is 0. The van der Waals surface area contributed by atoms with Gasteiger partial charge in [-0.1, -0.05) is 0 Å². The number of aliphatic hydroxyl groups is 3. The van der Waals surface area contributed by atoms with E-state index in [1.54, 1.807) is 52.8 Å². The van der Waals surface area contributed by atoms with Gasteiger partial charge in [0, 0.05) is 22.6 Å². The summed E-state index contributed by atoms with van der Waals surface area (Å²) in [4.78, 5) is 0. The van der Waals surface area contributed by atoms with Crippen LogP contribution in [0.15, 0.2) is 34.8 Å². The maximum absolute atomic E-state index is 11.4. The number of phenols is 3. The smallest absolute Gasteiger partial charge is 0.173 e. The molecule has 3 aromatic rings. The fourth-order valence-corrected chi connectivity index (χ4v) is 4.59. The Hall–Kier alpha value is -3.20. The molecule has 0 saturated heterocycles. The van der Waals surface area contributed by atoms with E-state index in [1.807, 2.05) is 0 Å². The largest absolute Gasteiger partial charge is 0.508 e. The Kier molecular flexibility index (Phi) is 6.73. The van der Waals surface area contributed by atoms with Crippen molar-refractivity contribution >= 4 is 17.0 Å². The quantitative estimate of drug-likeness (QED) is 0.248. The summed E-state index contributed by atoms with van der Waals surface area (Å²) in [6.07, 6.45) is 3.79. The Balaban J connectivity index is 1.84. The zero-order chi connectivity index (χ0) is 27.3. The van der Waals surface area contributed by atoms with Crippen molar-refractivity contribution in [2.75, 3.05) is 0 Å². The first-order valence-corrected chi connectivity index (χ1v) is 12.4. The molecule has 6 N–H and O–H groups in total. The minimum Gasteiger partial charge on any atom is -0.508 e. The molecule has 1 aliphatic rings. The number of fused-ring (bicyclic) bond motifs is 3. The molecule has 200 valence electrons. The molecular formula is C29H36O8. The number of aromatic hydroxyl groups is 3. The number of aryl methyl sites for hydroxylation is 1. The van der Waals surface area contributed by atoms with Gasteiger partial charge in [-0.15, -0.1) is 0 Å². The van der Waals surface area contributed by atoms with Gasteiger partial charge in [-0.2, -0.15) is 0 Å². The first-order chi connectivity index (χ1) is 17.1. The number of furan rings is 1. The maximum atomic E-state index is 11.4. The Bertz CT molecular complexity index is 1320. The second kappa shape index (κ2) is 9.28. The van der Waals surface area contributed by atoms with Gasteiger partial charge in [0.2, 0.25) is 0 Å². The zero-order valence-corrected chi connectivity index (χ0v) is 21.9. The summed E-state index contributed by atoms with van der Waals surface area (Å²) >= 11 is 0. The lowest BCUT2D eigenvalue weighted by molar-refractivity contribution is -0.0298. The topological polar surface area (TPSA) is 144 Å². The van der Waals surface area contributed by atoms with E-state index in [-0.39, 0.29) is 29.4 Å². The van der Waals surface area contributed by atoms with Gasteiger partial charge in [-0.25, -0.2) is 0 Å². The third-order valence-corrected chi connectivity index (χ3v) is 6.82. The number of hydrogen-bond donors (Lipinski definition) is 6. The number of aliphatic hydroxyl groups excluding tert-OH is 1. The molecule has 0 saturated carbocycles. The molecule has 0 radical (unpaired) electrons. The fourth-order valence-electron chi connectivity index (χ4n) is 4.59. The average Bonchev–Trinajstić information content (AvgIpc) is 3.21. The number of hydrogen-bond acceptors (Lipinski definition) is 8. The van der Waals surface area contributed by atoms with Crippen molar-refractivity contribution in [3.8, 4) is 34.3 Å². The van der Waals surface area contributed by atoms with Gasteiger partial charge in [-0.3, -0.25) is 0 Å². The molecule has 4 rings (SSSR count). The lowest BCUT2D eigenvalue weighted by atomic mass is 9.87. The number of phenolic OH excluding ortho intramolecular Hbond substituents is 3. The highest BCUT2D eigenvalue weighted by molar-refractivity contribution is 5.97. The Labute approximate surface area is 216 Å². The minimum absolute atomic E-state index is 0.108. The van der Waals surface area contributed by atoms with E-state index in [9.17, 15) is 30.6 Å². The molecule has 0 unspecified atom stereocenters. The minimum atomic E-state index is -1.16. The van der Waals surface area contributed by atoms with Gasteiger partial charge in [0.25, 0.3) is 0 Å². The molecule has 2 heterocycles. The van der Waals surface area contributed by atoms with Crippen LogP contribution in [0.4, 0.5) is 0 Å². The zero-order valence-electron chi connectivity index (χ0n) is 21.9. The Morgan fingerprint density at radius 3 is 2.14 bits per heavy atom. The number of benzene rings is 2. The third-order valence-electron chi connectivity index (χ3n) is 6.82. The standard InChI is InChI=1S/C29H36O8/c1-27(2,34)9-6-19-21-15-22(16-12-17(30)14-18(31)13-16)36-25(21)20-7-11-29(5,37-26(20)24(19)33)23(32)8-10-28(3,4)35/h7,11-15,23,30-35H,6,8-10H2,1-5H3/t23-,29-/m0/s1. The fraction of sp³-hybridized carbons (Fsp3) is 0.448. The molecule has 0 spiro atoms. The van der Waals surface area contributed by atoms with Crippen LogP contribution in [0.1, 0.15) is 65.0 Å². The van der Waals surface area contributed by atoms with Crippen LogP contribution >= 0.6 is 0 Å². The van der Waals surface area contributed by atoms with E-state index in [2.05, 4.69) is 0 Å². The Morgan fingerprint density at radius 1 is 0.919 bits per heavy atom. The lowest BCUT2D eigenvalue weighted by Crippen LogP contribution is -2.45. The van der Waals surface area contributed by atoms with Gasteiger partial charge >= 0.3 is 0 Å². The second-order valence-corrected chi connectivity index (χ2v) is 11.5. The summed E-state index contributed by atoms with van der Waals surface area (Å²) in [6.45, 7) is 8.43. The summed E-state index contributed by atoms with van der Waals surface area (Å²) in [5.41, 5.74) is -1.22. The van der Waals surface area contributed by atoms with Gasteiger partial charge in [-0.05, 0) is 90.7 Å². The summed E-state index contributed by atoms with van der Waals surface area (Å²) in [5.74, 6) is 0.169. The van der Waals surface area contributed by atoms with Crippen LogP contribution in [0.25, 0.3) is 28.4 Å². The third kappa shape index (κ3) is 5.71. The molecule has 0 fully saturated rings. The van der Waals surface area contributed by atoms with E-state index in [0.717, 1.165) is 0 Å². The molecule has 1 aliphatic heterocycles. The molecular weight excluding hydrogens is 476 g/mol. The molecule has 0 aliphatic carbocycles. The normalized spacial score (nSPS) is 18.6. The van der Waals surface area contributed by atoms with E-state index in [1.165, 1.54) is 18.2 Å². The average molecular weight is 513 g/mol. The van der Waals surface area contributed by atoms with Crippen molar-refractivity contribution in [3.63, 3.8) is 0 Å². The molecule has 8 heteroatoms. The summed E-state index contributed by atoms with van der Waals surface area (Å²) < 4.78 is 12.4. The van der Waals surface area contributed by atoms with E-state index < -0.39 is 22.9 Å². The maximum Gasteiger partial charge on any atom is 0.173 e. The summed E-state index contributed by atoms with van der Waals surface area (Å²) in [5, 5.41) is 63.3. The van der Waals surface area contributed by atoms with Crippen LogP contribution in [-0.2, 0) is 6.42 Å². The van der Waals surface area contributed by atoms with Crippen molar-refractivity contribution in [2.45, 2.75) is 83.2 Å². The number of ether oxygens (including phenoxy) is 1. The Morgan fingerprint density at radius 2 is 1.54 bits per heavy atom. The van der Waals surface area contributed by atoms with Gasteiger partial charge in [0.05, 0.1) is 22.9 Å². The molecule has 0 amide bonds. The van der Waals surface area contributed by atoms with Crippen molar-refractivity contribution in [3.05, 3.63) is 41.5 Å². The highest BCUT2D eigenvalue weighted by Gasteiger charge is 2.39. The van der Waals surface area contributed by atoms with Crippen molar-refractivity contribution < 1.29 is 39.8 Å². The molecule has 2 aromatic carbocycles. The van der Waals surface area contributed by atoms with Gasteiger partial charge < -0.3 is 39.8 Å². The van der Waals surface area contributed by atoms with Crippen LogP contribution in [0.2, 0.25) is 0 Å². The van der Waals surface area contributed by atoms with Crippen molar-refractivity contribution in [1.82, 2.24) is 0 Å². The van der Waals surface area contributed by atoms with Crippen molar-refractivity contribution in [1.29, 1.82) is 0 Å². The van der Waals surface area contributed by atoms with Gasteiger partial charge in [0.15, 0.2) is 17.1 Å². The molecule has 37 heavy (non-hydrogen) atoms. The lowest BCUT2D eigenvalue weighted by Gasteiger charge is -2.37. The van der Waals surface area contributed by atoms with Crippen LogP contribution in [0.3, 0.4) is 0 Å². The van der Waals surface area contributed by atoms with Gasteiger partial charge in [0.1, 0.15) is 22.8 Å². The van der Waals surface area contributed by atoms with Crippen molar-refractivity contribution in [2.24, 2.45) is 0 Å². The second-order valence-electron chi connectivity index (χ2n) is 11.5. The first kappa shape index (κ1) is 26.9. The molecule has 1 aromatic heterocycles. The van der Waals surface area contributed by atoms with Crippen LogP contribution < -0.4 is 4.74 Å². The van der Waals surface area contributed by atoms with Crippen LogP contribution in [-0.4, -0.2) is 53.5 Å². The predicted molar refractivity (Wildman–Crippen MR) is 141 cm³/mol. The van der Waals surface area contributed by atoms with E-state index >= 15 is 0 Å². The SMILES string of the molecule is CC(C)(O)CCc1c(O)c2c(c3oc(-c4cc(O)cc(O)c4)cc13)C=C[C@@](C)([C@@H](O)CCC(C)(C)O)O2. The van der Waals surface area contributed by atoms with Crippen LogP contribution in [0.5, 0.6) is 23.0 Å². The highest BCUT2D eigenvalue weighted by atomic mass is 16.5.